The van der Waals surface area contributed by atoms with Gasteiger partial charge in [0.15, 0.2) is 7.29 Å². The molecule has 1 aliphatic heterocycles. The molecule has 6 rings (SSSR count). The van der Waals surface area contributed by atoms with Gasteiger partial charge >= 0.3 is 5.97 Å². The van der Waals surface area contributed by atoms with Gasteiger partial charge < -0.3 is 4.74 Å². The largest absolute Gasteiger partial charge is 0.430 e. The van der Waals surface area contributed by atoms with Crippen LogP contribution in [0.4, 0.5) is 0 Å². The Labute approximate surface area is 217 Å². The third kappa shape index (κ3) is 3.19. The van der Waals surface area contributed by atoms with Crippen LogP contribution in [0.1, 0.15) is 29.7 Å². The van der Waals surface area contributed by atoms with E-state index in [9.17, 15) is 4.79 Å². The van der Waals surface area contributed by atoms with E-state index in [0.29, 0.717) is 0 Å². The average Bonchev–Trinajstić information content (AvgIpc) is 3.13. The Morgan fingerprint density at radius 3 is 2.38 bits per heavy atom. The molecule has 0 saturated carbocycles. The van der Waals surface area contributed by atoms with Crippen LogP contribution in [0, 0.1) is 5.92 Å². The summed E-state index contributed by atoms with van der Waals surface area (Å²) in [6, 6.07) is 31.9. The van der Waals surface area contributed by atoms with Crippen LogP contribution in [-0.4, -0.2) is 17.7 Å². The number of rotatable bonds is 4. The summed E-state index contributed by atoms with van der Waals surface area (Å²) in [7, 11) is -1.64. The Morgan fingerprint density at radius 2 is 1.59 bits per heavy atom. The second-order valence-electron chi connectivity index (χ2n) is 9.76. The maximum atomic E-state index is 16.3. The van der Waals surface area contributed by atoms with Crippen molar-refractivity contribution < 1.29 is 14.1 Å². The zero-order valence-electron chi connectivity index (χ0n) is 20.9. The molecule has 1 aliphatic carbocycles. The number of fused-ring (bicyclic) bond motifs is 4. The molecule has 2 aliphatic rings. The molecule has 0 amide bonds. The summed E-state index contributed by atoms with van der Waals surface area (Å²) in [6.45, 7) is 5.71. The molecule has 0 unspecified atom stereocenters. The van der Waals surface area contributed by atoms with Crippen molar-refractivity contribution in [2.75, 3.05) is 7.05 Å². The Bertz CT molecular complexity index is 1620. The molecular weight excluding hydrogens is 477 g/mol. The zero-order chi connectivity index (χ0) is 25.8. The predicted octanol–water partition coefficient (Wildman–Crippen LogP) is 7.05. The number of hydrogen-bond donors (Lipinski definition) is 0. The monoisotopic (exact) mass is 505 g/mol. The van der Waals surface area contributed by atoms with E-state index in [2.05, 4.69) is 30.9 Å². The lowest BCUT2D eigenvalue weighted by Gasteiger charge is -2.43. The minimum atomic E-state index is -3.58. The number of esters is 1. The number of carbonyl (C=O) groups is 1. The smallest absolute Gasteiger partial charge is 0.307 e. The van der Waals surface area contributed by atoms with Crippen molar-refractivity contribution in [3.63, 3.8) is 0 Å². The van der Waals surface area contributed by atoms with Crippen molar-refractivity contribution >= 4 is 35.4 Å². The van der Waals surface area contributed by atoms with Gasteiger partial charge in [-0.1, -0.05) is 110 Å². The number of allylic oxidation sites excluding steroid dienone is 1. The lowest BCUT2D eigenvalue weighted by atomic mass is 9.72. The van der Waals surface area contributed by atoms with Crippen molar-refractivity contribution in [3.8, 4) is 0 Å². The quantitative estimate of drug-likeness (QED) is 0.169. The maximum absolute atomic E-state index is 16.3. The highest BCUT2D eigenvalue weighted by molar-refractivity contribution is 7.71. The van der Waals surface area contributed by atoms with E-state index in [1.54, 1.807) is 0 Å². The summed E-state index contributed by atoms with van der Waals surface area (Å²) in [4.78, 5) is 12.4. The van der Waals surface area contributed by atoms with E-state index in [-0.39, 0.29) is 17.7 Å². The first-order valence-corrected chi connectivity index (χ1v) is 14.1. The van der Waals surface area contributed by atoms with Crippen LogP contribution in [0.5, 0.6) is 0 Å². The van der Waals surface area contributed by atoms with Crippen molar-refractivity contribution in [2.45, 2.75) is 18.1 Å². The minimum absolute atomic E-state index is 0.225. The van der Waals surface area contributed by atoms with Gasteiger partial charge in [0.25, 0.3) is 0 Å². The fourth-order valence-corrected chi connectivity index (χ4v) is 10.7. The van der Waals surface area contributed by atoms with Crippen LogP contribution >= 0.6 is 7.29 Å². The summed E-state index contributed by atoms with van der Waals surface area (Å²) >= 11 is 0. The molecule has 4 aromatic carbocycles. The predicted molar refractivity (Wildman–Crippen MR) is 150 cm³/mol. The van der Waals surface area contributed by atoms with Gasteiger partial charge in [-0.05, 0) is 40.6 Å². The number of carbonyl (C=O) groups excluding carboxylic acids is 1. The van der Waals surface area contributed by atoms with Gasteiger partial charge in [0.2, 0.25) is 0 Å². The third-order valence-electron chi connectivity index (χ3n) is 7.93. The molecule has 1 heterocycles. The van der Waals surface area contributed by atoms with Crippen LogP contribution in [0.15, 0.2) is 115 Å². The lowest BCUT2D eigenvalue weighted by Crippen LogP contribution is -2.39. The second kappa shape index (κ2) is 8.69. The molecule has 4 atom stereocenters. The molecule has 4 nitrogen and oxygen atoms in total. The highest BCUT2D eigenvalue weighted by Gasteiger charge is 2.70. The van der Waals surface area contributed by atoms with Crippen LogP contribution in [0.25, 0.3) is 16.8 Å². The summed E-state index contributed by atoms with van der Waals surface area (Å²) < 4.78 is 24.1. The number of benzene rings is 4. The van der Waals surface area contributed by atoms with Crippen LogP contribution in [0.2, 0.25) is 0 Å². The summed E-state index contributed by atoms with van der Waals surface area (Å²) in [5.74, 6) is -0.532. The standard InChI is InChI=1S/C32H28NO3P/c1-22(36-23(2)34)32-28-18-10-8-13-25(28)20-21-29(32)31(26-14-5-4-6-15-26)33(3)37(32,35)30-19-11-16-24-12-7-9-17-27(24)30/h4-21,29,31H,1H2,2-3H3/t29-,31+,32-,37-/m1/s1. The van der Waals surface area contributed by atoms with Gasteiger partial charge in [-0.3, -0.25) is 9.36 Å². The van der Waals surface area contributed by atoms with E-state index in [0.717, 1.165) is 32.8 Å². The molecule has 0 radical (unpaired) electrons. The maximum Gasteiger partial charge on any atom is 0.307 e. The van der Waals surface area contributed by atoms with Gasteiger partial charge in [0, 0.05) is 24.2 Å². The fourth-order valence-electron chi connectivity index (χ4n) is 6.53. The Morgan fingerprint density at radius 1 is 0.919 bits per heavy atom. The van der Waals surface area contributed by atoms with Crippen molar-refractivity contribution in [2.24, 2.45) is 5.92 Å². The van der Waals surface area contributed by atoms with Crippen LogP contribution in [-0.2, 0) is 19.3 Å². The average molecular weight is 506 g/mol. The Kier molecular flexibility index (Phi) is 5.56. The molecule has 0 aromatic heterocycles. The van der Waals surface area contributed by atoms with Crippen LogP contribution < -0.4 is 5.30 Å². The third-order valence-corrected chi connectivity index (χ3v) is 11.9. The van der Waals surface area contributed by atoms with Crippen LogP contribution in [0.3, 0.4) is 0 Å². The summed E-state index contributed by atoms with van der Waals surface area (Å²) in [5, 5.41) is 1.50. The Balaban J connectivity index is 1.77. The molecule has 37 heavy (non-hydrogen) atoms. The topological polar surface area (TPSA) is 46.6 Å². The first kappa shape index (κ1) is 23.7. The Hall–Kier alpha value is -3.72. The highest BCUT2D eigenvalue weighted by atomic mass is 31.2. The molecule has 4 aromatic rings. The normalized spacial score (nSPS) is 26.4. The lowest BCUT2D eigenvalue weighted by molar-refractivity contribution is -0.137. The van der Waals surface area contributed by atoms with Crippen molar-refractivity contribution in [1.82, 2.24) is 4.67 Å². The molecule has 0 N–H and O–H groups in total. The molecule has 1 saturated heterocycles. The highest BCUT2D eigenvalue weighted by Crippen LogP contribution is 2.80. The molecule has 0 bridgehead atoms. The SMILES string of the molecule is C=C(OC(C)=O)[C@@]12c3ccccc3C=C[C@@H]1[C@H](c1ccccc1)N(C)[P@@]2(=O)c1cccc2ccccc12. The van der Waals surface area contributed by atoms with Gasteiger partial charge in [-0.25, -0.2) is 4.67 Å². The zero-order valence-corrected chi connectivity index (χ0v) is 21.8. The van der Waals surface area contributed by atoms with Gasteiger partial charge in [0.05, 0.1) is 0 Å². The molecule has 0 spiro atoms. The van der Waals surface area contributed by atoms with Gasteiger partial charge in [0.1, 0.15) is 10.9 Å². The summed E-state index contributed by atoms with van der Waals surface area (Å²) in [6.07, 6.45) is 4.23. The number of hydrogen-bond acceptors (Lipinski definition) is 3. The van der Waals surface area contributed by atoms with Crippen molar-refractivity contribution in [1.29, 1.82) is 0 Å². The fraction of sp³-hybridized carbons (Fsp3) is 0.156. The molecule has 1 fully saturated rings. The van der Waals surface area contributed by atoms with Gasteiger partial charge in [-0.15, -0.1) is 0 Å². The number of ether oxygens (including phenoxy) is 1. The van der Waals surface area contributed by atoms with E-state index in [4.69, 9.17) is 4.74 Å². The minimum Gasteiger partial charge on any atom is -0.430 e. The first-order valence-electron chi connectivity index (χ1n) is 12.4. The van der Waals surface area contributed by atoms with E-state index >= 15 is 4.57 Å². The van der Waals surface area contributed by atoms with Crippen molar-refractivity contribution in [3.05, 3.63) is 132 Å². The van der Waals surface area contributed by atoms with E-state index in [1.165, 1.54) is 6.92 Å². The van der Waals surface area contributed by atoms with E-state index < -0.39 is 18.4 Å². The number of nitrogens with zero attached hydrogens (tertiary/aromatic N) is 1. The first-order chi connectivity index (χ1) is 17.9. The molecule has 184 valence electrons. The van der Waals surface area contributed by atoms with Gasteiger partial charge in [-0.2, -0.15) is 0 Å². The molecular formula is C32H28NO3P. The van der Waals surface area contributed by atoms with E-state index in [1.807, 2.05) is 96.6 Å². The molecule has 5 heteroatoms. The summed E-state index contributed by atoms with van der Waals surface area (Å²) in [5.41, 5.74) is 2.88. The second-order valence-corrected chi connectivity index (χ2v) is 12.7.